The number of ether oxygens (including phenoxy) is 1. The average molecular weight is 303 g/mol. The van der Waals surface area contributed by atoms with Crippen LogP contribution in [0.4, 0.5) is 0 Å². The van der Waals surface area contributed by atoms with Crippen molar-refractivity contribution in [2.75, 3.05) is 13.7 Å². The molecule has 1 unspecified atom stereocenters. The molecule has 0 saturated heterocycles. The Labute approximate surface area is 136 Å². The van der Waals surface area contributed by atoms with Crippen LogP contribution in [0, 0.1) is 22.8 Å². The Morgan fingerprint density at radius 2 is 1.96 bits per heavy atom. The number of hydrogen-bond acceptors (Lipinski definition) is 4. The van der Waals surface area contributed by atoms with Crippen molar-refractivity contribution in [1.29, 1.82) is 10.5 Å². The lowest BCUT2D eigenvalue weighted by molar-refractivity contribution is 0.202. The molecule has 0 N–H and O–H groups in total. The molecule has 4 nitrogen and oxygen atoms in total. The van der Waals surface area contributed by atoms with Gasteiger partial charge in [0.1, 0.15) is 0 Å². The molecule has 2 aromatic carbocycles. The molecule has 4 heteroatoms. The molecule has 0 spiro atoms. The molecule has 0 amide bonds. The van der Waals surface area contributed by atoms with E-state index >= 15 is 0 Å². The largest absolute Gasteiger partial charge is 0.384 e. The Balaban J connectivity index is 1.99. The Hall–Kier alpha value is -2.82. The van der Waals surface area contributed by atoms with E-state index in [-0.39, 0.29) is 6.04 Å². The molecule has 0 saturated carbocycles. The Bertz CT molecular complexity index is 784. The summed E-state index contributed by atoms with van der Waals surface area (Å²) in [7, 11) is 1.70. The molecule has 0 aromatic heterocycles. The van der Waals surface area contributed by atoms with Crippen molar-refractivity contribution in [3.63, 3.8) is 0 Å². The minimum Gasteiger partial charge on any atom is -0.384 e. The first-order valence-corrected chi connectivity index (χ1v) is 7.54. The van der Waals surface area contributed by atoms with Crippen LogP contribution in [0.25, 0.3) is 0 Å². The van der Waals surface area contributed by atoms with Gasteiger partial charge in [-0.3, -0.25) is 4.90 Å². The highest BCUT2D eigenvalue weighted by molar-refractivity contribution is 5.45. The molecular weight excluding hydrogens is 286 g/mol. The van der Waals surface area contributed by atoms with Gasteiger partial charge < -0.3 is 4.74 Å². The average Bonchev–Trinajstić information content (AvgIpc) is 2.97. The van der Waals surface area contributed by atoms with Crippen LogP contribution in [0.15, 0.2) is 42.5 Å². The Morgan fingerprint density at radius 1 is 1.17 bits per heavy atom. The molecule has 0 fully saturated rings. The standard InChI is InChI=1S/C19H17N3O/c1-23-9-8-14-2-7-17-12-22(13-21)19(18(17)10-14)16-5-3-15(11-20)4-6-16/h2-7,10,19H,8-9,12H2,1H3. The molecule has 0 bridgehead atoms. The van der Waals surface area contributed by atoms with Crippen LogP contribution in [0.5, 0.6) is 0 Å². The molecule has 1 aliphatic rings. The van der Waals surface area contributed by atoms with Gasteiger partial charge >= 0.3 is 0 Å². The van der Waals surface area contributed by atoms with E-state index in [0.717, 1.165) is 12.0 Å². The lowest BCUT2D eigenvalue weighted by Gasteiger charge is -2.20. The minimum atomic E-state index is -0.0785. The van der Waals surface area contributed by atoms with Gasteiger partial charge in [-0.15, -0.1) is 0 Å². The van der Waals surface area contributed by atoms with Crippen molar-refractivity contribution in [2.24, 2.45) is 0 Å². The van der Waals surface area contributed by atoms with Crippen molar-refractivity contribution >= 4 is 0 Å². The van der Waals surface area contributed by atoms with Gasteiger partial charge in [-0.1, -0.05) is 30.3 Å². The van der Waals surface area contributed by atoms with Gasteiger partial charge in [0.05, 0.1) is 30.8 Å². The Morgan fingerprint density at radius 3 is 2.61 bits per heavy atom. The van der Waals surface area contributed by atoms with Crippen molar-refractivity contribution in [3.8, 4) is 12.3 Å². The van der Waals surface area contributed by atoms with E-state index in [4.69, 9.17) is 10.00 Å². The number of benzene rings is 2. The summed E-state index contributed by atoms with van der Waals surface area (Å²) in [5.41, 5.74) is 5.23. The van der Waals surface area contributed by atoms with E-state index < -0.39 is 0 Å². The molecule has 1 heterocycles. The zero-order valence-corrected chi connectivity index (χ0v) is 13.0. The van der Waals surface area contributed by atoms with Crippen molar-refractivity contribution in [2.45, 2.75) is 19.0 Å². The highest BCUT2D eigenvalue weighted by Gasteiger charge is 2.31. The van der Waals surface area contributed by atoms with Crippen molar-refractivity contribution < 1.29 is 4.74 Å². The fraction of sp³-hybridized carbons (Fsp3) is 0.263. The molecule has 2 aromatic rings. The lowest BCUT2D eigenvalue weighted by Crippen LogP contribution is -2.17. The highest BCUT2D eigenvalue weighted by Crippen LogP contribution is 2.38. The summed E-state index contributed by atoms with van der Waals surface area (Å²) in [4.78, 5) is 1.78. The molecule has 23 heavy (non-hydrogen) atoms. The number of rotatable bonds is 4. The summed E-state index contributed by atoms with van der Waals surface area (Å²) >= 11 is 0. The van der Waals surface area contributed by atoms with E-state index in [1.54, 1.807) is 24.1 Å². The van der Waals surface area contributed by atoms with Gasteiger partial charge in [0.25, 0.3) is 0 Å². The van der Waals surface area contributed by atoms with E-state index in [1.165, 1.54) is 16.7 Å². The molecule has 1 aliphatic heterocycles. The van der Waals surface area contributed by atoms with Gasteiger partial charge in [-0.05, 0) is 40.8 Å². The SMILES string of the molecule is COCCc1ccc2c(c1)C(c1ccc(C#N)cc1)N(C#N)C2. The van der Waals surface area contributed by atoms with Crippen molar-refractivity contribution in [3.05, 3.63) is 70.3 Å². The smallest absolute Gasteiger partial charge is 0.180 e. The van der Waals surface area contributed by atoms with Crippen LogP contribution >= 0.6 is 0 Å². The second kappa shape index (κ2) is 6.52. The van der Waals surface area contributed by atoms with Crippen LogP contribution in [0.3, 0.4) is 0 Å². The molecule has 3 rings (SSSR count). The topological polar surface area (TPSA) is 60.0 Å². The maximum absolute atomic E-state index is 9.48. The van der Waals surface area contributed by atoms with Crippen LogP contribution in [0.2, 0.25) is 0 Å². The maximum atomic E-state index is 9.48. The highest BCUT2D eigenvalue weighted by atomic mass is 16.5. The first-order valence-electron chi connectivity index (χ1n) is 7.54. The molecular formula is C19H17N3O. The van der Waals surface area contributed by atoms with E-state index in [1.807, 2.05) is 12.1 Å². The molecule has 0 aliphatic carbocycles. The third-order valence-electron chi connectivity index (χ3n) is 4.24. The number of fused-ring (bicyclic) bond motifs is 1. The first kappa shape index (κ1) is 15.1. The van der Waals surface area contributed by atoms with Crippen LogP contribution < -0.4 is 0 Å². The zero-order valence-electron chi connectivity index (χ0n) is 13.0. The van der Waals surface area contributed by atoms with Gasteiger partial charge in [0.2, 0.25) is 0 Å². The van der Waals surface area contributed by atoms with E-state index in [0.29, 0.717) is 18.7 Å². The normalized spacial score (nSPS) is 15.8. The third kappa shape index (κ3) is 2.90. The summed E-state index contributed by atoms with van der Waals surface area (Å²) in [6.45, 7) is 1.31. The monoisotopic (exact) mass is 303 g/mol. The molecule has 1 atom stereocenters. The second-order valence-electron chi connectivity index (χ2n) is 5.64. The van der Waals surface area contributed by atoms with Crippen LogP contribution in [-0.4, -0.2) is 18.6 Å². The number of nitrogens with zero attached hydrogens (tertiary/aromatic N) is 3. The molecule has 114 valence electrons. The maximum Gasteiger partial charge on any atom is 0.180 e. The number of methoxy groups -OCH3 is 1. The lowest BCUT2D eigenvalue weighted by atomic mass is 9.95. The van der Waals surface area contributed by atoms with Crippen molar-refractivity contribution in [1.82, 2.24) is 4.90 Å². The summed E-state index contributed by atoms with van der Waals surface area (Å²) in [5, 5.41) is 18.4. The number of hydrogen-bond donors (Lipinski definition) is 0. The minimum absolute atomic E-state index is 0.0785. The summed E-state index contributed by atoms with van der Waals surface area (Å²) in [6.07, 6.45) is 3.15. The third-order valence-corrected chi connectivity index (χ3v) is 4.24. The van der Waals surface area contributed by atoms with E-state index in [9.17, 15) is 5.26 Å². The van der Waals surface area contributed by atoms with Gasteiger partial charge in [0.15, 0.2) is 6.19 Å². The zero-order chi connectivity index (χ0) is 16.2. The van der Waals surface area contributed by atoms with Crippen LogP contribution in [0.1, 0.15) is 33.9 Å². The summed E-state index contributed by atoms with van der Waals surface area (Å²) < 4.78 is 5.15. The Kier molecular flexibility index (Phi) is 4.28. The van der Waals surface area contributed by atoms with Gasteiger partial charge in [-0.2, -0.15) is 10.5 Å². The summed E-state index contributed by atoms with van der Waals surface area (Å²) in [6, 6.07) is 15.9. The van der Waals surface area contributed by atoms with Gasteiger partial charge in [-0.25, -0.2) is 0 Å². The predicted octanol–water partition coefficient (Wildman–Crippen LogP) is 3.13. The molecule has 0 radical (unpaired) electrons. The summed E-state index contributed by atoms with van der Waals surface area (Å²) in [5.74, 6) is 0. The predicted molar refractivity (Wildman–Crippen MR) is 86.2 cm³/mol. The van der Waals surface area contributed by atoms with Gasteiger partial charge in [0, 0.05) is 7.11 Å². The van der Waals surface area contributed by atoms with Crippen LogP contribution in [-0.2, 0) is 17.7 Å². The van der Waals surface area contributed by atoms with E-state index in [2.05, 4.69) is 30.5 Å². The second-order valence-corrected chi connectivity index (χ2v) is 5.64. The fourth-order valence-electron chi connectivity index (χ4n) is 3.05. The fourth-order valence-corrected chi connectivity index (χ4v) is 3.05. The quantitative estimate of drug-likeness (QED) is 0.814. The first-order chi connectivity index (χ1) is 11.3. The number of nitriles is 2.